The van der Waals surface area contributed by atoms with Gasteiger partial charge in [0.2, 0.25) is 0 Å². The summed E-state index contributed by atoms with van der Waals surface area (Å²) >= 11 is 0. The third-order valence-electron chi connectivity index (χ3n) is 3.66. The third-order valence-corrected chi connectivity index (χ3v) is 15.1. The van der Waals surface area contributed by atoms with Crippen LogP contribution in [0, 0.1) is 38.2 Å². The Bertz CT molecular complexity index is 769. The molecule has 0 aromatic heterocycles. The number of hydrogen-bond acceptors (Lipinski definition) is 12. The van der Waals surface area contributed by atoms with E-state index < -0.39 is 30.4 Å². The Labute approximate surface area is 383 Å². The summed E-state index contributed by atoms with van der Waals surface area (Å²) in [6, 6.07) is 0. The Morgan fingerprint density at radius 1 is 0.286 bits per heavy atom. The maximum Gasteiger partial charge on any atom is 3.00 e. The first kappa shape index (κ1) is 107. The van der Waals surface area contributed by atoms with E-state index in [0.717, 1.165) is 0 Å². The second kappa shape index (κ2) is 50.0. The smallest absolute Gasteiger partial charge is 1.00 e. The number of halogens is 3. The van der Waals surface area contributed by atoms with Gasteiger partial charge in [0.1, 0.15) is 0 Å². The maximum atomic E-state index is 12.8. The van der Waals surface area contributed by atoms with Crippen molar-refractivity contribution in [3.63, 3.8) is 0 Å². The van der Waals surface area contributed by atoms with Crippen molar-refractivity contribution in [2.75, 3.05) is 11.8 Å². The molecule has 0 aromatic rings. The molecule has 22 nitrogen and oxygen atoms in total. The second-order valence-electron chi connectivity index (χ2n) is 12.0. The first-order valence-electron chi connectivity index (χ1n) is 14.6. The summed E-state index contributed by atoms with van der Waals surface area (Å²) in [6.45, 7) is 27.9. The summed E-state index contributed by atoms with van der Waals surface area (Å²) in [5.74, 6) is -0.764. The van der Waals surface area contributed by atoms with Crippen molar-refractivity contribution >= 4 is 30.4 Å². The molecule has 0 atom stereocenters. The van der Waals surface area contributed by atoms with Crippen LogP contribution in [0.2, 0.25) is 0 Å². The molecule has 0 spiro atoms. The molecule has 0 aromatic carbocycles. The predicted molar refractivity (Wildman–Crippen MR) is 211 cm³/mol. The van der Waals surface area contributed by atoms with E-state index >= 15 is 0 Å². The molecule has 0 amide bonds. The minimum atomic E-state index is -3.58. The minimum Gasteiger partial charge on any atom is -1.00 e. The van der Waals surface area contributed by atoms with Gasteiger partial charge in [0.25, 0.3) is 0 Å². The van der Waals surface area contributed by atoms with E-state index in [9.17, 15) is 18.3 Å². The topological polar surface area (TPSA) is 463 Å². The van der Waals surface area contributed by atoms with E-state index in [2.05, 4.69) is 0 Å². The minimum absolute atomic E-state index is 0. The normalized spacial score (nSPS) is 10.4. The van der Waals surface area contributed by atoms with Gasteiger partial charge in [0.05, 0.1) is 48.8 Å². The zero-order chi connectivity index (χ0) is 33.7. The Morgan fingerprint density at radius 2 is 0.357 bits per heavy atom. The SMILES string of the molecule is CC(C)OP(=O)(CP(=O)(OC(C)C)OC(C)C)OC(C)C.CC(C)OP(=O)(CP(=O)(OC(C)C)OC(C)C)OC(C)C.O.O.O.O.O.O.[Cl-].[Cl-].[Cl-].[Dy+3].[OH3+].[OH3+].[OH3+].[OH3+]. The van der Waals surface area contributed by atoms with Gasteiger partial charge in [-0.1, -0.05) is 0 Å². The van der Waals surface area contributed by atoms with Crippen molar-refractivity contribution in [1.29, 1.82) is 0 Å². The molecule has 0 fully saturated rings. The van der Waals surface area contributed by atoms with Crippen LogP contribution in [0.4, 0.5) is 0 Å². The summed E-state index contributed by atoms with van der Waals surface area (Å²) in [6.07, 6.45) is -2.55. The average molecular weight is 1140 g/mol. The molecule has 30 heteroatoms. The summed E-state index contributed by atoms with van der Waals surface area (Å²) in [5, 5.41) is 0. The van der Waals surface area contributed by atoms with Crippen LogP contribution in [0.25, 0.3) is 0 Å². The fraction of sp³-hybridized carbons (Fsp3) is 1.00. The molecular formula is C26H84Cl3DyO22P4+4. The second-order valence-corrected chi connectivity index (χ2v) is 20.8. The average Bonchev–Trinajstić information content (AvgIpc) is 2.60. The maximum absolute atomic E-state index is 12.8. The molecule has 56 heavy (non-hydrogen) atoms. The van der Waals surface area contributed by atoms with Gasteiger partial charge in [-0.15, -0.1) is 0 Å². The third kappa shape index (κ3) is 58.4. The first-order chi connectivity index (χ1) is 18.7. The van der Waals surface area contributed by atoms with Crippen LogP contribution in [0.1, 0.15) is 111 Å². The number of hydrogen-bond donors (Lipinski definition) is 0. The quantitative estimate of drug-likeness (QED) is 0.0811. The standard InChI is InChI=1S/2C13H30O6P2.3ClH.Dy.10H2O/c2*1-10(2)16-20(14,17-11(3)4)9-21(15,18-12(5)6)19-13(7)8;;;;;;;;;;;;;;/h2*10-13H,9H2,1-8H3;3*1H;;10*1H2/q;;;;;+3;;;;;;;;;;/p+1. The Kier molecular flexibility index (Phi) is 95.5. The van der Waals surface area contributed by atoms with Crippen LogP contribution in [-0.4, -0.2) is 93.5 Å². The van der Waals surface area contributed by atoms with Crippen LogP contribution >= 0.6 is 30.4 Å². The van der Waals surface area contributed by atoms with Gasteiger partial charge in [-0.25, -0.2) is 0 Å². The molecule has 367 valence electrons. The Morgan fingerprint density at radius 3 is 0.411 bits per heavy atom. The van der Waals surface area contributed by atoms with E-state index in [-0.39, 0.29) is 191 Å². The zero-order valence-electron chi connectivity index (χ0n) is 35.5. The molecule has 24 N–H and O–H groups in total. The van der Waals surface area contributed by atoms with Gasteiger partial charge in [-0.3, -0.25) is 18.3 Å². The Hall–Kier alpha value is 2.34. The van der Waals surface area contributed by atoms with Crippen LogP contribution < -0.4 is 37.2 Å². The molecule has 0 unspecified atom stereocenters. The molecule has 0 bridgehead atoms. The van der Waals surface area contributed by atoms with Crippen molar-refractivity contribution in [2.24, 2.45) is 0 Å². The van der Waals surface area contributed by atoms with E-state index in [1.807, 2.05) is 0 Å². The van der Waals surface area contributed by atoms with Gasteiger partial charge in [-0.2, -0.15) is 0 Å². The summed E-state index contributed by atoms with van der Waals surface area (Å²) < 4.78 is 94.6. The van der Waals surface area contributed by atoms with Gasteiger partial charge >= 0.3 is 68.6 Å². The van der Waals surface area contributed by atoms with Gasteiger partial charge in [-0.05, 0) is 111 Å². The van der Waals surface area contributed by atoms with Gasteiger partial charge < -0.3 is 128 Å². The van der Waals surface area contributed by atoms with Crippen molar-refractivity contribution in [3.05, 3.63) is 0 Å². The molecule has 0 saturated heterocycles. The van der Waals surface area contributed by atoms with Crippen LogP contribution in [0.5, 0.6) is 0 Å². The molecule has 0 aliphatic heterocycles. The molecule has 0 rings (SSSR count). The molecule has 0 aliphatic carbocycles. The number of rotatable bonds is 20. The van der Waals surface area contributed by atoms with E-state index in [1.54, 1.807) is 111 Å². The van der Waals surface area contributed by atoms with E-state index in [4.69, 9.17) is 36.2 Å². The van der Waals surface area contributed by atoms with Crippen molar-refractivity contribution < 1.29 is 185 Å². The van der Waals surface area contributed by atoms with Gasteiger partial charge in [0, 0.05) is 0 Å². The zero-order valence-corrected chi connectivity index (χ0v) is 43.4. The van der Waals surface area contributed by atoms with Crippen LogP contribution in [0.15, 0.2) is 0 Å². The van der Waals surface area contributed by atoms with Crippen molar-refractivity contribution in [1.82, 2.24) is 0 Å². The van der Waals surface area contributed by atoms with Crippen molar-refractivity contribution in [2.45, 2.75) is 160 Å². The predicted octanol–water partition coefficient (Wildman–Crippen LogP) is -7.56. The largest absolute Gasteiger partial charge is 3.00 e. The summed E-state index contributed by atoms with van der Waals surface area (Å²) in [4.78, 5) is 0. The molecular weight excluding hydrogens is 1060 g/mol. The fourth-order valence-corrected chi connectivity index (χ4v) is 14.2. The fourth-order valence-electron chi connectivity index (χ4n) is 3.36. The summed E-state index contributed by atoms with van der Waals surface area (Å²) in [7, 11) is -14.3. The first-order valence-corrected chi connectivity index (χ1v) is 21.5. The van der Waals surface area contributed by atoms with E-state index in [1.165, 1.54) is 0 Å². The Balaban J connectivity index is -0.0000000327. The summed E-state index contributed by atoms with van der Waals surface area (Å²) in [5.41, 5.74) is 0. The monoisotopic (exact) mass is 1140 g/mol. The molecule has 0 saturated carbocycles. The van der Waals surface area contributed by atoms with Crippen LogP contribution in [-0.2, 0) is 76.4 Å². The van der Waals surface area contributed by atoms with E-state index in [0.29, 0.717) is 0 Å². The van der Waals surface area contributed by atoms with Crippen molar-refractivity contribution in [3.8, 4) is 0 Å². The molecule has 0 heterocycles. The molecule has 1 radical (unpaired) electrons. The van der Waals surface area contributed by atoms with Crippen LogP contribution in [0.3, 0.4) is 0 Å². The molecule has 0 aliphatic rings. The van der Waals surface area contributed by atoms with Gasteiger partial charge in [0.15, 0.2) is 11.8 Å².